The minimum Gasteiger partial charge on any atom is -0.339 e. The minimum absolute atomic E-state index is 0.209. The van der Waals surface area contributed by atoms with Gasteiger partial charge in [0, 0.05) is 31.9 Å². The highest BCUT2D eigenvalue weighted by Gasteiger charge is 2.18. The number of amides is 1. The molecule has 1 aromatic rings. The molecule has 1 saturated heterocycles. The van der Waals surface area contributed by atoms with E-state index in [0.29, 0.717) is 5.75 Å². The van der Waals surface area contributed by atoms with Crippen LogP contribution in [-0.4, -0.2) is 54.7 Å². The molecule has 0 unspecified atom stereocenters. The fourth-order valence-electron chi connectivity index (χ4n) is 1.98. The molecule has 1 aliphatic heterocycles. The van der Waals surface area contributed by atoms with E-state index in [1.807, 2.05) is 4.90 Å². The summed E-state index contributed by atoms with van der Waals surface area (Å²) in [5.74, 6) is 1.24. The molecule has 1 heterocycles. The van der Waals surface area contributed by atoms with Gasteiger partial charge in [0.1, 0.15) is 5.82 Å². The quantitative estimate of drug-likeness (QED) is 0.842. The smallest absolute Gasteiger partial charge is 0.232 e. The van der Waals surface area contributed by atoms with Crippen LogP contribution in [0.15, 0.2) is 24.3 Å². The van der Waals surface area contributed by atoms with Gasteiger partial charge in [-0.05, 0) is 24.7 Å². The molecule has 1 aromatic carbocycles. The van der Waals surface area contributed by atoms with E-state index in [9.17, 15) is 9.18 Å². The Balaban J connectivity index is 1.70. The maximum absolute atomic E-state index is 12.7. The van der Waals surface area contributed by atoms with Crippen molar-refractivity contribution in [3.8, 4) is 0 Å². The Hall–Kier alpha value is -1.07. The number of thioether (sulfide) groups is 1. The summed E-state index contributed by atoms with van der Waals surface area (Å²) in [6, 6.07) is 6.45. The number of carbonyl (C=O) groups is 1. The van der Waals surface area contributed by atoms with Crippen LogP contribution < -0.4 is 0 Å². The Kier molecular flexibility index (Phi) is 5.22. The van der Waals surface area contributed by atoms with Crippen molar-refractivity contribution in [2.75, 3.05) is 39.0 Å². The second-order valence-corrected chi connectivity index (χ2v) is 5.79. The molecule has 1 aliphatic rings. The van der Waals surface area contributed by atoms with E-state index in [2.05, 4.69) is 11.9 Å². The first-order valence-corrected chi connectivity index (χ1v) is 7.59. The topological polar surface area (TPSA) is 23.6 Å². The number of carbonyl (C=O) groups excluding carboxylic acids is 1. The maximum atomic E-state index is 12.7. The number of likely N-dealkylation sites (N-methyl/N-ethyl adjacent to an activating group) is 1. The predicted octanol–water partition coefficient (Wildman–Crippen LogP) is 1.83. The van der Waals surface area contributed by atoms with Crippen LogP contribution in [0.5, 0.6) is 0 Å². The normalized spacial score (nSPS) is 16.6. The van der Waals surface area contributed by atoms with E-state index >= 15 is 0 Å². The van der Waals surface area contributed by atoms with E-state index in [1.54, 1.807) is 23.9 Å². The molecule has 0 N–H and O–H groups in total. The zero-order valence-electron chi connectivity index (χ0n) is 11.1. The Morgan fingerprint density at radius 1 is 1.21 bits per heavy atom. The van der Waals surface area contributed by atoms with Crippen LogP contribution in [0.4, 0.5) is 4.39 Å². The summed E-state index contributed by atoms with van der Waals surface area (Å²) in [5, 5.41) is 0. The second kappa shape index (κ2) is 6.91. The Bertz CT molecular complexity index is 416. The van der Waals surface area contributed by atoms with Crippen LogP contribution in [0.3, 0.4) is 0 Å². The van der Waals surface area contributed by atoms with Crippen LogP contribution in [0, 0.1) is 5.82 Å². The lowest BCUT2D eigenvalue weighted by molar-refractivity contribution is -0.129. The third-order valence-corrected chi connectivity index (χ3v) is 4.25. The highest BCUT2D eigenvalue weighted by atomic mass is 32.2. The highest BCUT2D eigenvalue weighted by molar-refractivity contribution is 7.99. The van der Waals surface area contributed by atoms with E-state index < -0.39 is 0 Å². The van der Waals surface area contributed by atoms with Gasteiger partial charge in [-0.2, -0.15) is 0 Å². The Morgan fingerprint density at radius 3 is 2.47 bits per heavy atom. The molecular weight excluding hydrogens is 263 g/mol. The summed E-state index contributed by atoms with van der Waals surface area (Å²) in [6.07, 6.45) is 0. The van der Waals surface area contributed by atoms with Gasteiger partial charge in [-0.1, -0.05) is 12.1 Å². The van der Waals surface area contributed by atoms with Gasteiger partial charge < -0.3 is 9.80 Å². The molecule has 1 fully saturated rings. The third-order valence-electron chi connectivity index (χ3n) is 3.26. The average Bonchev–Trinajstić information content (AvgIpc) is 2.41. The van der Waals surface area contributed by atoms with Gasteiger partial charge in [0.15, 0.2) is 0 Å². The SMILES string of the molecule is CN1CCN(C(=O)CSCc2ccc(F)cc2)CC1. The number of nitrogens with zero attached hydrogens (tertiary/aromatic N) is 2. The van der Waals surface area contributed by atoms with Crippen molar-refractivity contribution in [3.05, 3.63) is 35.6 Å². The van der Waals surface area contributed by atoms with Crippen molar-refractivity contribution in [2.24, 2.45) is 0 Å². The molecule has 3 nitrogen and oxygen atoms in total. The average molecular weight is 282 g/mol. The lowest BCUT2D eigenvalue weighted by atomic mass is 10.2. The van der Waals surface area contributed by atoms with Crippen molar-refractivity contribution in [1.82, 2.24) is 9.80 Å². The molecule has 0 aromatic heterocycles. The molecule has 19 heavy (non-hydrogen) atoms. The highest BCUT2D eigenvalue weighted by Crippen LogP contribution is 2.14. The lowest BCUT2D eigenvalue weighted by Crippen LogP contribution is -2.47. The van der Waals surface area contributed by atoms with Crippen molar-refractivity contribution in [3.63, 3.8) is 0 Å². The molecule has 0 saturated carbocycles. The number of hydrogen-bond donors (Lipinski definition) is 0. The molecule has 2 rings (SSSR count). The molecule has 0 aliphatic carbocycles. The molecule has 0 bridgehead atoms. The summed E-state index contributed by atoms with van der Waals surface area (Å²) in [4.78, 5) is 16.1. The fourth-order valence-corrected chi connectivity index (χ4v) is 2.87. The van der Waals surface area contributed by atoms with Crippen molar-refractivity contribution < 1.29 is 9.18 Å². The first-order chi connectivity index (χ1) is 9.15. The van der Waals surface area contributed by atoms with Crippen LogP contribution in [0.1, 0.15) is 5.56 Å². The largest absolute Gasteiger partial charge is 0.339 e. The Labute approximate surface area is 117 Å². The van der Waals surface area contributed by atoms with Gasteiger partial charge in [-0.15, -0.1) is 11.8 Å². The molecule has 0 atom stereocenters. The van der Waals surface area contributed by atoms with Crippen LogP contribution in [-0.2, 0) is 10.5 Å². The molecule has 0 radical (unpaired) electrons. The van der Waals surface area contributed by atoms with Gasteiger partial charge in [0.25, 0.3) is 0 Å². The van der Waals surface area contributed by atoms with E-state index in [4.69, 9.17) is 0 Å². The van der Waals surface area contributed by atoms with Gasteiger partial charge in [0.05, 0.1) is 5.75 Å². The number of halogens is 1. The van der Waals surface area contributed by atoms with E-state index in [-0.39, 0.29) is 11.7 Å². The van der Waals surface area contributed by atoms with Gasteiger partial charge >= 0.3 is 0 Å². The number of piperazine rings is 1. The lowest BCUT2D eigenvalue weighted by Gasteiger charge is -2.32. The number of benzene rings is 1. The standard InChI is InChI=1S/C14H19FN2OS/c1-16-6-8-17(9-7-16)14(18)11-19-10-12-2-4-13(15)5-3-12/h2-5H,6-11H2,1H3. The first kappa shape index (κ1) is 14.3. The monoisotopic (exact) mass is 282 g/mol. The number of hydrogen-bond acceptors (Lipinski definition) is 3. The Morgan fingerprint density at radius 2 is 1.84 bits per heavy atom. The maximum Gasteiger partial charge on any atom is 0.232 e. The van der Waals surface area contributed by atoms with E-state index in [1.165, 1.54) is 12.1 Å². The summed E-state index contributed by atoms with van der Waals surface area (Å²) in [7, 11) is 2.07. The van der Waals surface area contributed by atoms with Gasteiger partial charge in [-0.3, -0.25) is 4.79 Å². The first-order valence-electron chi connectivity index (χ1n) is 6.43. The van der Waals surface area contributed by atoms with Gasteiger partial charge in [0.2, 0.25) is 5.91 Å². The van der Waals surface area contributed by atoms with Crippen molar-refractivity contribution in [2.45, 2.75) is 5.75 Å². The van der Waals surface area contributed by atoms with Crippen LogP contribution in [0.2, 0.25) is 0 Å². The third kappa shape index (κ3) is 4.51. The van der Waals surface area contributed by atoms with Crippen molar-refractivity contribution in [1.29, 1.82) is 0 Å². The summed E-state index contributed by atoms with van der Waals surface area (Å²) < 4.78 is 12.7. The summed E-state index contributed by atoms with van der Waals surface area (Å²) in [6.45, 7) is 3.56. The summed E-state index contributed by atoms with van der Waals surface area (Å²) >= 11 is 1.59. The fraction of sp³-hybridized carbons (Fsp3) is 0.500. The second-order valence-electron chi connectivity index (χ2n) is 4.80. The molecular formula is C14H19FN2OS. The van der Waals surface area contributed by atoms with Crippen LogP contribution in [0.25, 0.3) is 0 Å². The molecule has 104 valence electrons. The molecule has 0 spiro atoms. The van der Waals surface area contributed by atoms with Crippen LogP contribution >= 0.6 is 11.8 Å². The number of rotatable bonds is 4. The van der Waals surface area contributed by atoms with Crippen molar-refractivity contribution >= 4 is 17.7 Å². The molecule has 1 amide bonds. The van der Waals surface area contributed by atoms with E-state index in [0.717, 1.165) is 37.5 Å². The molecule has 5 heteroatoms. The minimum atomic E-state index is -0.220. The van der Waals surface area contributed by atoms with Gasteiger partial charge in [-0.25, -0.2) is 4.39 Å². The summed E-state index contributed by atoms with van der Waals surface area (Å²) in [5.41, 5.74) is 1.05. The zero-order valence-corrected chi connectivity index (χ0v) is 12.0. The zero-order chi connectivity index (χ0) is 13.7. The predicted molar refractivity (Wildman–Crippen MR) is 76.6 cm³/mol.